The van der Waals surface area contributed by atoms with E-state index in [1.54, 1.807) is 11.1 Å². The normalized spacial score (nSPS) is 9.90. The standard InChI is InChI=1S/C15H19N3O.ClH/c1-16-8-9-18(2)15(19)14-11-17-10-13(14)12-6-4-3-5-7-12;/h3-7,10-11,16-17H,8-9H2,1-2H3;1H. The molecule has 108 valence electrons. The maximum absolute atomic E-state index is 12.4. The summed E-state index contributed by atoms with van der Waals surface area (Å²) in [5.41, 5.74) is 2.71. The number of carbonyl (C=O) groups is 1. The van der Waals surface area contributed by atoms with Gasteiger partial charge in [-0.25, -0.2) is 0 Å². The van der Waals surface area contributed by atoms with Gasteiger partial charge in [0.05, 0.1) is 5.56 Å². The lowest BCUT2D eigenvalue weighted by Crippen LogP contribution is -2.32. The minimum atomic E-state index is 0. The van der Waals surface area contributed by atoms with E-state index in [2.05, 4.69) is 10.3 Å². The number of hydrogen-bond acceptors (Lipinski definition) is 2. The number of nitrogens with one attached hydrogen (secondary N) is 2. The molecule has 2 rings (SSSR count). The van der Waals surface area contributed by atoms with Crippen LogP contribution in [-0.4, -0.2) is 43.0 Å². The zero-order chi connectivity index (χ0) is 13.7. The van der Waals surface area contributed by atoms with Crippen LogP contribution >= 0.6 is 12.4 Å². The van der Waals surface area contributed by atoms with E-state index in [0.717, 1.165) is 17.7 Å². The Morgan fingerprint density at radius 2 is 1.95 bits per heavy atom. The first-order chi connectivity index (χ1) is 9.24. The number of aromatic amines is 1. The van der Waals surface area contributed by atoms with Gasteiger partial charge in [-0.15, -0.1) is 12.4 Å². The number of benzene rings is 1. The fraction of sp³-hybridized carbons (Fsp3) is 0.267. The minimum absolute atomic E-state index is 0. The molecule has 0 saturated carbocycles. The molecular weight excluding hydrogens is 274 g/mol. The summed E-state index contributed by atoms with van der Waals surface area (Å²) in [7, 11) is 3.70. The van der Waals surface area contributed by atoms with E-state index in [9.17, 15) is 4.79 Å². The summed E-state index contributed by atoms with van der Waals surface area (Å²) >= 11 is 0. The number of H-pyrrole nitrogens is 1. The van der Waals surface area contributed by atoms with Gasteiger partial charge in [0.15, 0.2) is 0 Å². The van der Waals surface area contributed by atoms with Gasteiger partial charge in [-0.05, 0) is 12.6 Å². The zero-order valence-electron chi connectivity index (χ0n) is 11.7. The van der Waals surface area contributed by atoms with Gasteiger partial charge >= 0.3 is 0 Å². The molecule has 0 radical (unpaired) electrons. The van der Waals surface area contributed by atoms with E-state index >= 15 is 0 Å². The molecule has 1 aromatic heterocycles. The Hall–Kier alpha value is -1.78. The highest BCUT2D eigenvalue weighted by Crippen LogP contribution is 2.23. The van der Waals surface area contributed by atoms with Crippen LogP contribution < -0.4 is 5.32 Å². The van der Waals surface area contributed by atoms with Crippen molar-refractivity contribution < 1.29 is 4.79 Å². The summed E-state index contributed by atoms with van der Waals surface area (Å²) < 4.78 is 0. The smallest absolute Gasteiger partial charge is 0.255 e. The van der Waals surface area contributed by atoms with Crippen molar-refractivity contribution in [3.8, 4) is 11.1 Å². The molecule has 1 amide bonds. The molecule has 0 aliphatic rings. The molecule has 0 aliphatic heterocycles. The molecule has 0 aliphatic carbocycles. The molecule has 20 heavy (non-hydrogen) atoms. The molecule has 1 heterocycles. The van der Waals surface area contributed by atoms with Gasteiger partial charge in [-0.3, -0.25) is 4.79 Å². The number of amides is 1. The monoisotopic (exact) mass is 293 g/mol. The SMILES string of the molecule is CNCCN(C)C(=O)c1c[nH]cc1-c1ccccc1.Cl. The van der Waals surface area contributed by atoms with Crippen LogP contribution in [0.4, 0.5) is 0 Å². The van der Waals surface area contributed by atoms with E-state index < -0.39 is 0 Å². The lowest BCUT2D eigenvalue weighted by molar-refractivity contribution is 0.0798. The average molecular weight is 294 g/mol. The van der Waals surface area contributed by atoms with Gasteiger partial charge in [0, 0.05) is 38.1 Å². The number of hydrogen-bond donors (Lipinski definition) is 2. The van der Waals surface area contributed by atoms with E-state index in [1.807, 2.05) is 50.6 Å². The third kappa shape index (κ3) is 3.62. The van der Waals surface area contributed by atoms with Crippen LogP contribution in [0.2, 0.25) is 0 Å². The van der Waals surface area contributed by atoms with Crippen LogP contribution in [-0.2, 0) is 0 Å². The molecule has 2 aromatic rings. The van der Waals surface area contributed by atoms with Crippen LogP contribution in [0.15, 0.2) is 42.7 Å². The van der Waals surface area contributed by atoms with Crippen LogP contribution in [0.25, 0.3) is 11.1 Å². The van der Waals surface area contributed by atoms with Crippen molar-refractivity contribution in [3.05, 3.63) is 48.3 Å². The van der Waals surface area contributed by atoms with E-state index in [-0.39, 0.29) is 18.3 Å². The highest BCUT2D eigenvalue weighted by atomic mass is 35.5. The first-order valence-electron chi connectivity index (χ1n) is 6.36. The molecule has 0 atom stereocenters. The predicted octanol–water partition coefficient (Wildman–Crippen LogP) is 2.39. The van der Waals surface area contributed by atoms with E-state index in [0.29, 0.717) is 12.1 Å². The number of likely N-dealkylation sites (N-methyl/N-ethyl adjacent to an activating group) is 2. The summed E-state index contributed by atoms with van der Waals surface area (Å²) in [6.45, 7) is 1.47. The van der Waals surface area contributed by atoms with E-state index in [4.69, 9.17) is 0 Å². The average Bonchev–Trinajstić information content (AvgIpc) is 2.94. The van der Waals surface area contributed by atoms with Crippen LogP contribution in [0.5, 0.6) is 0 Å². The quantitative estimate of drug-likeness (QED) is 0.889. The Morgan fingerprint density at radius 1 is 1.25 bits per heavy atom. The third-order valence-electron chi connectivity index (χ3n) is 3.10. The van der Waals surface area contributed by atoms with Gasteiger partial charge in [0.25, 0.3) is 5.91 Å². The van der Waals surface area contributed by atoms with E-state index in [1.165, 1.54) is 0 Å². The van der Waals surface area contributed by atoms with Gasteiger partial charge in [0.2, 0.25) is 0 Å². The topological polar surface area (TPSA) is 48.1 Å². The number of rotatable bonds is 5. The molecular formula is C15H20ClN3O. The molecule has 5 heteroatoms. The largest absolute Gasteiger partial charge is 0.366 e. The summed E-state index contributed by atoms with van der Waals surface area (Å²) in [5.74, 6) is 0.0374. The number of nitrogens with zero attached hydrogens (tertiary/aromatic N) is 1. The zero-order valence-corrected chi connectivity index (χ0v) is 12.5. The molecule has 0 bridgehead atoms. The Morgan fingerprint density at radius 3 is 2.60 bits per heavy atom. The maximum Gasteiger partial charge on any atom is 0.255 e. The van der Waals surface area contributed by atoms with Crippen molar-refractivity contribution in [2.45, 2.75) is 0 Å². The summed E-state index contributed by atoms with van der Waals surface area (Å²) in [5, 5.41) is 3.04. The molecule has 0 fully saturated rings. The third-order valence-corrected chi connectivity index (χ3v) is 3.10. The fourth-order valence-electron chi connectivity index (χ4n) is 1.98. The predicted molar refractivity (Wildman–Crippen MR) is 84.4 cm³/mol. The van der Waals surface area contributed by atoms with Crippen LogP contribution in [0, 0.1) is 0 Å². The molecule has 1 aromatic carbocycles. The lowest BCUT2D eigenvalue weighted by Gasteiger charge is -2.17. The van der Waals surface area contributed by atoms with Crippen molar-refractivity contribution in [1.29, 1.82) is 0 Å². The van der Waals surface area contributed by atoms with Crippen molar-refractivity contribution in [2.75, 3.05) is 27.2 Å². The lowest BCUT2D eigenvalue weighted by atomic mass is 10.0. The van der Waals surface area contributed by atoms with Crippen molar-refractivity contribution >= 4 is 18.3 Å². The van der Waals surface area contributed by atoms with Crippen LogP contribution in [0.1, 0.15) is 10.4 Å². The fourth-order valence-corrected chi connectivity index (χ4v) is 1.98. The molecule has 2 N–H and O–H groups in total. The van der Waals surface area contributed by atoms with Crippen molar-refractivity contribution in [2.24, 2.45) is 0 Å². The van der Waals surface area contributed by atoms with Crippen LogP contribution in [0.3, 0.4) is 0 Å². The second-order valence-electron chi connectivity index (χ2n) is 4.48. The first kappa shape index (κ1) is 16.3. The number of aromatic nitrogens is 1. The van der Waals surface area contributed by atoms with Gasteiger partial charge in [0.1, 0.15) is 0 Å². The van der Waals surface area contributed by atoms with Gasteiger partial charge in [-0.1, -0.05) is 30.3 Å². The molecule has 4 nitrogen and oxygen atoms in total. The molecule has 0 spiro atoms. The highest BCUT2D eigenvalue weighted by molar-refractivity contribution is 6.00. The highest BCUT2D eigenvalue weighted by Gasteiger charge is 2.17. The summed E-state index contributed by atoms with van der Waals surface area (Å²) in [6, 6.07) is 9.93. The second-order valence-corrected chi connectivity index (χ2v) is 4.48. The first-order valence-corrected chi connectivity index (χ1v) is 6.36. The molecule has 0 saturated heterocycles. The van der Waals surface area contributed by atoms with Gasteiger partial charge in [-0.2, -0.15) is 0 Å². The Kier molecular flexibility index (Phi) is 6.28. The van der Waals surface area contributed by atoms with Crippen molar-refractivity contribution in [3.63, 3.8) is 0 Å². The summed E-state index contributed by atoms with van der Waals surface area (Å²) in [4.78, 5) is 17.1. The second kappa shape index (κ2) is 7.72. The summed E-state index contributed by atoms with van der Waals surface area (Å²) in [6.07, 6.45) is 3.63. The number of halogens is 1. The maximum atomic E-state index is 12.4. The minimum Gasteiger partial charge on any atom is -0.366 e. The van der Waals surface area contributed by atoms with Crippen molar-refractivity contribution in [1.82, 2.24) is 15.2 Å². The van der Waals surface area contributed by atoms with Gasteiger partial charge < -0.3 is 15.2 Å². The Balaban J connectivity index is 0.00000200. The Labute approximate surface area is 125 Å². The number of carbonyl (C=O) groups excluding carboxylic acids is 1. The molecule has 0 unspecified atom stereocenters. The Bertz CT molecular complexity index is 539.